The molecular weight excluding hydrogens is 260 g/mol. The molecule has 0 aliphatic heterocycles. The summed E-state index contributed by atoms with van der Waals surface area (Å²) in [5.41, 5.74) is 10.2. The van der Waals surface area contributed by atoms with Crippen LogP contribution in [0.15, 0.2) is 6.20 Å². The van der Waals surface area contributed by atoms with Crippen LogP contribution in [0.4, 0.5) is 0 Å². The minimum absolute atomic E-state index is 0.180. The molecule has 1 aromatic heterocycles. The summed E-state index contributed by atoms with van der Waals surface area (Å²) in [6.07, 6.45) is 7.93. The first-order chi connectivity index (χ1) is 9.86. The number of aryl methyl sites for hydroxylation is 1. The zero-order valence-electron chi connectivity index (χ0n) is 14.2. The average Bonchev–Trinajstić information content (AvgIpc) is 2.42. The molecule has 1 saturated carbocycles. The Balaban J connectivity index is 2.18. The second-order valence-corrected chi connectivity index (χ2v) is 7.25. The van der Waals surface area contributed by atoms with Crippen LogP contribution in [0.1, 0.15) is 56.4 Å². The van der Waals surface area contributed by atoms with E-state index in [0.29, 0.717) is 11.3 Å². The van der Waals surface area contributed by atoms with E-state index in [1.54, 1.807) is 7.11 Å². The highest BCUT2D eigenvalue weighted by Crippen LogP contribution is 2.42. The van der Waals surface area contributed by atoms with Gasteiger partial charge in [-0.25, -0.2) is 0 Å². The van der Waals surface area contributed by atoms with E-state index in [4.69, 9.17) is 10.5 Å². The number of aromatic nitrogens is 1. The number of hydrogen-bond donors (Lipinski definition) is 1. The maximum atomic E-state index is 6.57. The third-order valence-electron chi connectivity index (χ3n) is 5.29. The van der Waals surface area contributed by atoms with Crippen LogP contribution < -0.4 is 10.5 Å². The molecule has 3 heteroatoms. The molecule has 0 spiro atoms. The SMILES string of the molecule is COc1c(C)cnc(CC(N)C2CCCCC2(C)C)c1C. The molecule has 2 unspecified atom stereocenters. The summed E-state index contributed by atoms with van der Waals surface area (Å²) in [4.78, 5) is 4.61. The normalized spacial score (nSPS) is 22.9. The van der Waals surface area contributed by atoms with E-state index < -0.39 is 0 Å². The molecule has 1 heterocycles. The zero-order chi connectivity index (χ0) is 15.6. The lowest BCUT2D eigenvalue weighted by Crippen LogP contribution is -2.43. The topological polar surface area (TPSA) is 48.1 Å². The minimum Gasteiger partial charge on any atom is -0.496 e. The van der Waals surface area contributed by atoms with Crippen LogP contribution in [-0.2, 0) is 6.42 Å². The highest BCUT2D eigenvalue weighted by Gasteiger charge is 2.36. The van der Waals surface area contributed by atoms with E-state index >= 15 is 0 Å². The molecule has 0 bridgehead atoms. The van der Waals surface area contributed by atoms with Gasteiger partial charge < -0.3 is 10.5 Å². The van der Waals surface area contributed by atoms with Crippen LogP contribution in [0.5, 0.6) is 5.75 Å². The quantitative estimate of drug-likeness (QED) is 0.917. The van der Waals surface area contributed by atoms with Gasteiger partial charge in [0, 0.05) is 35.5 Å². The van der Waals surface area contributed by atoms with Gasteiger partial charge in [-0.2, -0.15) is 0 Å². The number of pyridine rings is 1. The highest BCUT2D eigenvalue weighted by molar-refractivity contribution is 5.41. The number of hydrogen-bond acceptors (Lipinski definition) is 3. The van der Waals surface area contributed by atoms with Crippen molar-refractivity contribution in [2.45, 2.75) is 65.8 Å². The smallest absolute Gasteiger partial charge is 0.128 e. The Morgan fingerprint density at radius 1 is 1.38 bits per heavy atom. The van der Waals surface area contributed by atoms with Crippen LogP contribution in [0.2, 0.25) is 0 Å². The Hall–Kier alpha value is -1.09. The van der Waals surface area contributed by atoms with E-state index in [1.165, 1.54) is 25.7 Å². The number of rotatable bonds is 4. The van der Waals surface area contributed by atoms with Crippen LogP contribution in [0.3, 0.4) is 0 Å². The van der Waals surface area contributed by atoms with Crippen molar-refractivity contribution in [3.63, 3.8) is 0 Å². The lowest BCUT2D eigenvalue weighted by atomic mass is 9.65. The molecule has 1 aromatic rings. The Bertz CT molecular complexity index is 496. The standard InChI is InChI=1S/C18H30N2O/c1-12-11-20-16(13(2)17(12)21-5)10-15(19)14-8-6-7-9-18(14,3)4/h11,14-15H,6-10,19H2,1-5H3. The van der Waals surface area contributed by atoms with Crippen molar-refractivity contribution >= 4 is 0 Å². The average molecular weight is 290 g/mol. The summed E-state index contributed by atoms with van der Waals surface area (Å²) in [6.45, 7) is 8.86. The summed E-state index contributed by atoms with van der Waals surface area (Å²) < 4.78 is 5.50. The van der Waals surface area contributed by atoms with Crippen molar-refractivity contribution in [3.8, 4) is 5.75 Å². The molecule has 2 rings (SSSR count). The van der Waals surface area contributed by atoms with Crippen LogP contribution >= 0.6 is 0 Å². The van der Waals surface area contributed by atoms with Gasteiger partial charge in [-0.1, -0.05) is 26.7 Å². The number of nitrogens with zero attached hydrogens (tertiary/aromatic N) is 1. The van der Waals surface area contributed by atoms with Gasteiger partial charge in [0.1, 0.15) is 5.75 Å². The van der Waals surface area contributed by atoms with Crippen molar-refractivity contribution in [2.75, 3.05) is 7.11 Å². The first kappa shape index (κ1) is 16.3. The molecule has 1 fully saturated rings. The van der Waals surface area contributed by atoms with E-state index in [0.717, 1.165) is 29.0 Å². The summed E-state index contributed by atoms with van der Waals surface area (Å²) >= 11 is 0. The van der Waals surface area contributed by atoms with Gasteiger partial charge in [-0.15, -0.1) is 0 Å². The van der Waals surface area contributed by atoms with Gasteiger partial charge in [-0.05, 0) is 38.0 Å². The van der Waals surface area contributed by atoms with Crippen molar-refractivity contribution in [3.05, 3.63) is 23.0 Å². The largest absolute Gasteiger partial charge is 0.496 e. The van der Waals surface area contributed by atoms with Crippen molar-refractivity contribution in [1.29, 1.82) is 0 Å². The first-order valence-corrected chi connectivity index (χ1v) is 8.11. The molecule has 0 amide bonds. The fraction of sp³-hybridized carbons (Fsp3) is 0.722. The number of methoxy groups -OCH3 is 1. The van der Waals surface area contributed by atoms with Crippen LogP contribution in [0.25, 0.3) is 0 Å². The number of nitrogens with two attached hydrogens (primary N) is 1. The molecule has 21 heavy (non-hydrogen) atoms. The molecular formula is C18H30N2O. The summed E-state index contributed by atoms with van der Waals surface area (Å²) in [6, 6.07) is 0.180. The second kappa shape index (κ2) is 6.35. The molecule has 1 aliphatic rings. The first-order valence-electron chi connectivity index (χ1n) is 8.11. The summed E-state index contributed by atoms with van der Waals surface area (Å²) in [5, 5.41) is 0. The maximum absolute atomic E-state index is 6.57. The highest BCUT2D eigenvalue weighted by atomic mass is 16.5. The van der Waals surface area contributed by atoms with Gasteiger partial charge in [0.15, 0.2) is 0 Å². The van der Waals surface area contributed by atoms with Gasteiger partial charge in [0.25, 0.3) is 0 Å². The van der Waals surface area contributed by atoms with E-state index in [9.17, 15) is 0 Å². The van der Waals surface area contributed by atoms with E-state index in [2.05, 4.69) is 25.8 Å². The Morgan fingerprint density at radius 3 is 2.71 bits per heavy atom. The van der Waals surface area contributed by atoms with E-state index in [-0.39, 0.29) is 6.04 Å². The van der Waals surface area contributed by atoms with Gasteiger partial charge in [0.05, 0.1) is 7.11 Å². The molecule has 0 aromatic carbocycles. The molecule has 3 nitrogen and oxygen atoms in total. The second-order valence-electron chi connectivity index (χ2n) is 7.25. The lowest BCUT2D eigenvalue weighted by Gasteiger charge is -2.42. The van der Waals surface area contributed by atoms with Crippen LogP contribution in [-0.4, -0.2) is 18.1 Å². The molecule has 118 valence electrons. The Morgan fingerprint density at radius 2 is 2.10 bits per heavy atom. The molecule has 0 radical (unpaired) electrons. The Labute approximate surface area is 129 Å². The molecule has 2 N–H and O–H groups in total. The lowest BCUT2D eigenvalue weighted by molar-refractivity contribution is 0.112. The van der Waals surface area contributed by atoms with Gasteiger partial charge >= 0.3 is 0 Å². The van der Waals surface area contributed by atoms with Crippen molar-refractivity contribution in [1.82, 2.24) is 4.98 Å². The van der Waals surface area contributed by atoms with Crippen molar-refractivity contribution < 1.29 is 4.74 Å². The molecule has 0 saturated heterocycles. The van der Waals surface area contributed by atoms with E-state index in [1.807, 2.05) is 13.1 Å². The predicted molar refractivity (Wildman–Crippen MR) is 87.7 cm³/mol. The minimum atomic E-state index is 0.180. The fourth-order valence-corrected chi connectivity index (χ4v) is 3.96. The van der Waals surface area contributed by atoms with Gasteiger partial charge in [0.2, 0.25) is 0 Å². The fourth-order valence-electron chi connectivity index (χ4n) is 3.96. The van der Waals surface area contributed by atoms with Crippen LogP contribution in [0, 0.1) is 25.2 Å². The molecule has 2 atom stereocenters. The maximum Gasteiger partial charge on any atom is 0.128 e. The predicted octanol–water partition coefficient (Wildman–Crippen LogP) is 3.79. The third kappa shape index (κ3) is 3.39. The molecule has 1 aliphatic carbocycles. The Kier molecular flexibility index (Phi) is 4.92. The third-order valence-corrected chi connectivity index (χ3v) is 5.29. The van der Waals surface area contributed by atoms with Gasteiger partial charge in [-0.3, -0.25) is 4.98 Å². The van der Waals surface area contributed by atoms with Crippen molar-refractivity contribution in [2.24, 2.45) is 17.1 Å². The zero-order valence-corrected chi connectivity index (χ0v) is 14.2. The summed E-state index contributed by atoms with van der Waals surface area (Å²) in [5.74, 6) is 1.54. The summed E-state index contributed by atoms with van der Waals surface area (Å²) in [7, 11) is 1.73. The monoisotopic (exact) mass is 290 g/mol. The number of ether oxygens (including phenoxy) is 1.